The number of nitrogens with zero attached hydrogens (tertiary/aromatic N) is 1. The summed E-state index contributed by atoms with van der Waals surface area (Å²) in [6.07, 6.45) is 4.56. The van der Waals surface area contributed by atoms with Gasteiger partial charge in [0.1, 0.15) is 5.78 Å². The molecule has 0 aromatic rings. The van der Waals surface area contributed by atoms with Gasteiger partial charge in [0.15, 0.2) is 0 Å². The van der Waals surface area contributed by atoms with Gasteiger partial charge >= 0.3 is 0 Å². The maximum absolute atomic E-state index is 11.4. The van der Waals surface area contributed by atoms with Crippen LogP contribution in [0, 0.1) is 11.8 Å². The van der Waals surface area contributed by atoms with Gasteiger partial charge in [-0.2, -0.15) is 0 Å². The highest BCUT2D eigenvalue weighted by atomic mass is 16.1. The standard InChI is InChI=1S/C10H15NO/c12-10-3-1-2-9(10)11-5-7-4-8(7)6-11/h7-9H,1-6H2. The van der Waals surface area contributed by atoms with Crippen LogP contribution in [0.1, 0.15) is 25.7 Å². The monoisotopic (exact) mass is 165 g/mol. The summed E-state index contributed by atoms with van der Waals surface area (Å²) >= 11 is 0. The fraction of sp³-hybridized carbons (Fsp3) is 0.900. The van der Waals surface area contributed by atoms with Crippen molar-refractivity contribution < 1.29 is 4.79 Å². The molecule has 0 radical (unpaired) electrons. The van der Waals surface area contributed by atoms with Gasteiger partial charge in [-0.1, -0.05) is 0 Å². The first-order valence-corrected chi connectivity index (χ1v) is 5.11. The van der Waals surface area contributed by atoms with Crippen LogP contribution in [0.25, 0.3) is 0 Å². The van der Waals surface area contributed by atoms with Crippen molar-refractivity contribution in [1.82, 2.24) is 4.90 Å². The molecule has 0 spiro atoms. The smallest absolute Gasteiger partial charge is 0.149 e. The summed E-state index contributed by atoms with van der Waals surface area (Å²) in [5, 5.41) is 0. The van der Waals surface area contributed by atoms with E-state index in [2.05, 4.69) is 4.90 Å². The molecule has 3 fully saturated rings. The second kappa shape index (κ2) is 2.32. The molecule has 0 aromatic carbocycles. The van der Waals surface area contributed by atoms with E-state index in [4.69, 9.17) is 0 Å². The Bertz CT molecular complexity index is 216. The van der Waals surface area contributed by atoms with Crippen LogP contribution < -0.4 is 0 Å². The molecule has 3 atom stereocenters. The lowest BCUT2D eigenvalue weighted by molar-refractivity contribution is -0.121. The zero-order valence-electron chi connectivity index (χ0n) is 7.33. The Labute approximate surface area is 72.9 Å². The van der Waals surface area contributed by atoms with E-state index in [-0.39, 0.29) is 0 Å². The number of piperidine rings is 1. The van der Waals surface area contributed by atoms with E-state index in [9.17, 15) is 4.79 Å². The summed E-state index contributed by atoms with van der Waals surface area (Å²) in [4.78, 5) is 13.9. The number of hydrogen-bond acceptors (Lipinski definition) is 2. The SMILES string of the molecule is O=C1CCCC1N1CC2CC2C1. The van der Waals surface area contributed by atoms with Gasteiger partial charge in [0, 0.05) is 19.5 Å². The molecule has 0 bridgehead atoms. The van der Waals surface area contributed by atoms with E-state index in [0.717, 1.165) is 31.1 Å². The highest BCUT2D eigenvalue weighted by Gasteiger charge is 2.48. The van der Waals surface area contributed by atoms with Crippen molar-refractivity contribution in [1.29, 1.82) is 0 Å². The highest BCUT2D eigenvalue weighted by Crippen LogP contribution is 2.46. The molecule has 0 amide bonds. The molecule has 1 heterocycles. The lowest BCUT2D eigenvalue weighted by Gasteiger charge is -2.23. The molecule has 2 aliphatic carbocycles. The predicted octanol–water partition coefficient (Wildman–Crippen LogP) is 1.06. The first kappa shape index (κ1) is 7.07. The van der Waals surface area contributed by atoms with Crippen LogP contribution in [0.4, 0.5) is 0 Å². The fourth-order valence-corrected chi connectivity index (χ4v) is 2.87. The Morgan fingerprint density at radius 1 is 1.25 bits per heavy atom. The highest BCUT2D eigenvalue weighted by molar-refractivity contribution is 5.85. The number of rotatable bonds is 1. The van der Waals surface area contributed by atoms with Crippen LogP contribution in [0.5, 0.6) is 0 Å². The lowest BCUT2D eigenvalue weighted by Crippen LogP contribution is -2.37. The predicted molar refractivity (Wildman–Crippen MR) is 45.8 cm³/mol. The van der Waals surface area contributed by atoms with E-state index >= 15 is 0 Å². The molecular weight excluding hydrogens is 150 g/mol. The minimum Gasteiger partial charge on any atom is -0.298 e. The third kappa shape index (κ3) is 0.939. The zero-order valence-corrected chi connectivity index (χ0v) is 7.33. The first-order chi connectivity index (χ1) is 5.84. The van der Waals surface area contributed by atoms with Crippen molar-refractivity contribution in [2.45, 2.75) is 31.7 Å². The van der Waals surface area contributed by atoms with Crippen LogP contribution >= 0.6 is 0 Å². The number of hydrogen-bond donors (Lipinski definition) is 0. The maximum atomic E-state index is 11.4. The molecule has 2 heteroatoms. The second-order valence-electron chi connectivity index (χ2n) is 4.58. The Morgan fingerprint density at radius 3 is 2.58 bits per heavy atom. The molecular formula is C10H15NO. The maximum Gasteiger partial charge on any atom is 0.149 e. The third-order valence-electron chi connectivity index (χ3n) is 3.72. The van der Waals surface area contributed by atoms with Crippen molar-refractivity contribution in [2.24, 2.45) is 11.8 Å². The van der Waals surface area contributed by atoms with E-state index in [0.29, 0.717) is 11.8 Å². The normalized spacial score (nSPS) is 46.7. The molecule has 3 unspecified atom stereocenters. The molecule has 2 nitrogen and oxygen atoms in total. The molecule has 66 valence electrons. The van der Waals surface area contributed by atoms with Crippen molar-refractivity contribution in [3.8, 4) is 0 Å². The third-order valence-corrected chi connectivity index (χ3v) is 3.72. The van der Waals surface area contributed by atoms with Crippen LogP contribution in [0.3, 0.4) is 0 Å². The van der Waals surface area contributed by atoms with Gasteiger partial charge in [0.05, 0.1) is 6.04 Å². The van der Waals surface area contributed by atoms with E-state index in [1.165, 1.54) is 19.5 Å². The minimum atomic E-state index is 0.331. The summed E-state index contributed by atoms with van der Waals surface area (Å²) in [6.45, 7) is 2.45. The fourth-order valence-electron chi connectivity index (χ4n) is 2.87. The zero-order chi connectivity index (χ0) is 8.13. The van der Waals surface area contributed by atoms with Crippen LogP contribution in [0.2, 0.25) is 0 Å². The average Bonchev–Trinajstić information content (AvgIpc) is 2.51. The Morgan fingerprint density at radius 2 is 2.00 bits per heavy atom. The molecule has 0 aromatic heterocycles. The summed E-state index contributed by atoms with van der Waals surface area (Å²) < 4.78 is 0. The van der Waals surface area contributed by atoms with Gasteiger partial charge in [-0.15, -0.1) is 0 Å². The Kier molecular flexibility index (Phi) is 1.37. The van der Waals surface area contributed by atoms with Gasteiger partial charge in [0.2, 0.25) is 0 Å². The molecule has 1 aliphatic heterocycles. The first-order valence-electron chi connectivity index (χ1n) is 5.11. The number of carbonyl (C=O) groups is 1. The molecule has 12 heavy (non-hydrogen) atoms. The van der Waals surface area contributed by atoms with Crippen molar-refractivity contribution in [3.63, 3.8) is 0 Å². The number of Topliss-reactive ketones (excluding diaryl/α,β-unsaturated/α-hetero) is 1. The van der Waals surface area contributed by atoms with E-state index in [1.54, 1.807) is 0 Å². The average molecular weight is 165 g/mol. The summed E-state index contributed by atoms with van der Waals surface area (Å²) in [5.41, 5.74) is 0. The van der Waals surface area contributed by atoms with Gasteiger partial charge in [-0.25, -0.2) is 0 Å². The van der Waals surface area contributed by atoms with Crippen molar-refractivity contribution >= 4 is 5.78 Å². The van der Waals surface area contributed by atoms with Gasteiger partial charge in [-0.05, 0) is 31.1 Å². The van der Waals surface area contributed by atoms with Crippen LogP contribution in [-0.2, 0) is 4.79 Å². The number of ketones is 1. The van der Waals surface area contributed by atoms with Crippen molar-refractivity contribution in [3.05, 3.63) is 0 Å². The van der Waals surface area contributed by atoms with E-state index < -0.39 is 0 Å². The van der Waals surface area contributed by atoms with Crippen molar-refractivity contribution in [2.75, 3.05) is 13.1 Å². The Balaban J connectivity index is 1.69. The molecule has 3 rings (SSSR count). The van der Waals surface area contributed by atoms with Gasteiger partial charge in [-0.3, -0.25) is 9.69 Å². The quantitative estimate of drug-likeness (QED) is 0.579. The van der Waals surface area contributed by atoms with E-state index in [1.807, 2.05) is 0 Å². The van der Waals surface area contributed by atoms with Gasteiger partial charge < -0.3 is 0 Å². The topological polar surface area (TPSA) is 20.3 Å². The van der Waals surface area contributed by atoms with Gasteiger partial charge in [0.25, 0.3) is 0 Å². The second-order valence-corrected chi connectivity index (χ2v) is 4.58. The number of fused-ring (bicyclic) bond motifs is 1. The summed E-state index contributed by atoms with van der Waals surface area (Å²) in [7, 11) is 0. The van der Waals surface area contributed by atoms with Crippen LogP contribution in [-0.4, -0.2) is 29.8 Å². The molecule has 0 N–H and O–H groups in total. The molecule has 2 saturated carbocycles. The van der Waals surface area contributed by atoms with Crippen LogP contribution in [0.15, 0.2) is 0 Å². The molecule has 1 saturated heterocycles. The summed E-state index contributed by atoms with van der Waals surface area (Å²) in [5.74, 6) is 2.45. The largest absolute Gasteiger partial charge is 0.298 e. The summed E-state index contributed by atoms with van der Waals surface area (Å²) in [6, 6.07) is 0.331. The number of likely N-dealkylation sites (tertiary alicyclic amines) is 1. The number of carbonyl (C=O) groups excluding carboxylic acids is 1. The Hall–Kier alpha value is -0.370. The minimum absolute atomic E-state index is 0.331. The molecule has 3 aliphatic rings. The lowest BCUT2D eigenvalue weighted by atomic mass is 10.2.